The van der Waals surface area contributed by atoms with E-state index in [2.05, 4.69) is 54.1 Å². The number of pyridine rings is 4. The number of rotatable bonds is 12. The lowest BCUT2D eigenvalue weighted by molar-refractivity contribution is 0.242. The van der Waals surface area contributed by atoms with E-state index < -0.39 is 23.3 Å². The standard InChI is InChI=1S/C56H51F4N13/c57-49-2-1-3-50(58)47(49)34-67-12-16-70(17-13-67)54-9-7-39(27-64-54)46-23-42(33-73-56(46)44(25-62)29-66-73)40-10-11-69(31-40)30-36-20-51(59)48(52(60)21-36)35-68-14-18-71(19-15-68)53-8-6-38(26-63-53)45-22-41(37-4-5-37)32-72-55(45)43(24-61)28-65-72/h1-3,6-9,20-23,26-29,32-33,37,40H,4-5,10-19,30-31,34-35H2. The highest BCUT2D eigenvalue weighted by molar-refractivity contribution is 5.86. The van der Waals surface area contributed by atoms with Crippen LogP contribution in [0.4, 0.5) is 29.2 Å². The maximum absolute atomic E-state index is 15.8. The molecule has 3 aliphatic heterocycles. The van der Waals surface area contributed by atoms with E-state index in [9.17, 15) is 19.3 Å². The van der Waals surface area contributed by atoms with Crippen LogP contribution < -0.4 is 9.80 Å². The molecule has 368 valence electrons. The van der Waals surface area contributed by atoms with Crippen molar-refractivity contribution in [1.82, 2.24) is 43.9 Å². The van der Waals surface area contributed by atoms with Gasteiger partial charge >= 0.3 is 0 Å². The van der Waals surface area contributed by atoms with Gasteiger partial charge in [-0.15, -0.1) is 0 Å². The van der Waals surface area contributed by atoms with Gasteiger partial charge in [-0.25, -0.2) is 36.6 Å². The van der Waals surface area contributed by atoms with Gasteiger partial charge in [-0.2, -0.15) is 20.7 Å². The zero-order valence-electron chi connectivity index (χ0n) is 40.1. The van der Waals surface area contributed by atoms with Crippen LogP contribution in [0, 0.1) is 45.9 Å². The second kappa shape index (κ2) is 19.4. The summed E-state index contributed by atoms with van der Waals surface area (Å²) < 4.78 is 63.9. The first kappa shape index (κ1) is 46.4. The second-order valence-electron chi connectivity index (χ2n) is 19.9. The Labute approximate surface area is 419 Å². The number of likely N-dealkylation sites (tertiary alicyclic amines) is 1. The Kier molecular flexibility index (Phi) is 12.3. The fraction of sp³-hybridized carbons (Fsp3) is 0.321. The predicted octanol–water partition coefficient (Wildman–Crippen LogP) is 8.92. The van der Waals surface area contributed by atoms with E-state index in [0.717, 1.165) is 70.8 Å². The van der Waals surface area contributed by atoms with Crippen molar-refractivity contribution in [2.45, 2.75) is 50.7 Å². The molecule has 1 atom stereocenters. The largest absolute Gasteiger partial charge is 0.354 e. The molecule has 0 spiro atoms. The van der Waals surface area contributed by atoms with Crippen LogP contribution in [0.15, 0.2) is 104 Å². The van der Waals surface area contributed by atoms with Gasteiger partial charge in [0.1, 0.15) is 47.0 Å². The molecule has 13 nitrogen and oxygen atoms in total. The van der Waals surface area contributed by atoms with E-state index >= 15 is 8.78 Å². The molecule has 0 N–H and O–H groups in total. The number of aromatic nitrogens is 6. The van der Waals surface area contributed by atoms with Crippen molar-refractivity contribution < 1.29 is 17.6 Å². The normalized spacial score (nSPS) is 18.0. The summed E-state index contributed by atoms with van der Waals surface area (Å²) >= 11 is 0. The summed E-state index contributed by atoms with van der Waals surface area (Å²) in [4.78, 5) is 20.4. The van der Waals surface area contributed by atoms with Crippen molar-refractivity contribution in [3.8, 4) is 34.4 Å². The summed E-state index contributed by atoms with van der Waals surface area (Å²) in [6.45, 7) is 7.35. The Bertz CT molecular complexity index is 3410. The molecule has 3 saturated heterocycles. The molecule has 0 radical (unpaired) electrons. The van der Waals surface area contributed by atoms with E-state index in [0.29, 0.717) is 93.6 Å². The number of benzene rings is 2. The fourth-order valence-electron chi connectivity index (χ4n) is 11.0. The highest BCUT2D eigenvalue weighted by Gasteiger charge is 2.29. The molecule has 1 saturated carbocycles. The minimum atomic E-state index is -0.538. The number of hydrogen-bond donors (Lipinski definition) is 0. The summed E-state index contributed by atoms with van der Waals surface area (Å²) in [5, 5.41) is 28.8. The molecule has 2 aromatic carbocycles. The highest BCUT2D eigenvalue weighted by atomic mass is 19.1. The van der Waals surface area contributed by atoms with Crippen molar-refractivity contribution in [2.75, 3.05) is 75.2 Å². The molecular formula is C56H51F4N13. The van der Waals surface area contributed by atoms with Crippen LogP contribution in [0.5, 0.6) is 0 Å². The van der Waals surface area contributed by atoms with Crippen molar-refractivity contribution in [1.29, 1.82) is 10.5 Å². The molecule has 9 heterocycles. The van der Waals surface area contributed by atoms with Gasteiger partial charge in [-0.1, -0.05) is 6.07 Å². The monoisotopic (exact) mass is 981 g/mol. The van der Waals surface area contributed by atoms with Gasteiger partial charge in [0.2, 0.25) is 0 Å². The zero-order chi connectivity index (χ0) is 49.7. The Hall–Kier alpha value is -7.70. The molecule has 4 fully saturated rings. The SMILES string of the molecule is N#Cc1cnn2cc(C3CC3)cc(-c3ccc(N4CCN(Cc5c(F)cc(CN6CCC(c7cc(-c8ccc(N9CCN(Cc%10c(F)cccc%10F)CC9)nc8)c8c(C#N)cnn8c7)C6)cc5F)CC4)nc3)c12. The first-order valence-electron chi connectivity index (χ1n) is 25.0. The molecule has 4 aliphatic rings. The average molecular weight is 982 g/mol. The van der Waals surface area contributed by atoms with Crippen LogP contribution in [-0.4, -0.2) is 109 Å². The van der Waals surface area contributed by atoms with Crippen molar-refractivity contribution in [3.63, 3.8) is 0 Å². The smallest absolute Gasteiger partial charge is 0.130 e. The number of nitriles is 2. The number of nitrogens with zero attached hydrogens (tertiary/aromatic N) is 13. The molecule has 0 amide bonds. The van der Waals surface area contributed by atoms with E-state index in [1.165, 1.54) is 35.9 Å². The maximum Gasteiger partial charge on any atom is 0.130 e. The first-order valence-corrected chi connectivity index (χ1v) is 25.0. The van der Waals surface area contributed by atoms with E-state index in [-0.39, 0.29) is 30.1 Å². The minimum absolute atomic E-state index is 0.0756. The molecule has 73 heavy (non-hydrogen) atoms. The molecule has 1 unspecified atom stereocenters. The van der Waals surface area contributed by atoms with Crippen LogP contribution in [0.1, 0.15) is 70.0 Å². The van der Waals surface area contributed by atoms with Gasteiger partial charge in [0, 0.05) is 137 Å². The van der Waals surface area contributed by atoms with Gasteiger partial charge in [0.25, 0.3) is 0 Å². The summed E-state index contributed by atoms with van der Waals surface area (Å²) in [5.74, 6) is 0.128. The lowest BCUT2D eigenvalue weighted by Gasteiger charge is -2.35. The van der Waals surface area contributed by atoms with Gasteiger partial charge in [0.15, 0.2) is 0 Å². The minimum Gasteiger partial charge on any atom is -0.354 e. The third-order valence-corrected chi connectivity index (χ3v) is 15.2. The van der Waals surface area contributed by atoms with E-state index in [1.807, 2.05) is 58.5 Å². The summed E-state index contributed by atoms with van der Waals surface area (Å²) in [6.07, 6.45) is 14.0. The number of anilines is 2. The molecule has 0 bridgehead atoms. The van der Waals surface area contributed by atoms with Crippen molar-refractivity contribution in [2.24, 2.45) is 0 Å². The molecular weight excluding hydrogens is 931 g/mol. The molecule has 17 heteroatoms. The first-order chi connectivity index (χ1) is 35.7. The van der Waals surface area contributed by atoms with Gasteiger partial charge in [-0.05, 0) is 115 Å². The quantitative estimate of drug-likeness (QED) is 0.109. The average Bonchev–Trinajstić information content (AvgIpc) is 3.79. The van der Waals surface area contributed by atoms with Gasteiger partial charge in [0.05, 0.1) is 34.6 Å². The summed E-state index contributed by atoms with van der Waals surface area (Å²) in [5.41, 5.74) is 9.01. The maximum atomic E-state index is 15.8. The molecule has 8 aromatic rings. The molecule has 12 rings (SSSR count). The lowest BCUT2D eigenvalue weighted by atomic mass is 9.95. The lowest BCUT2D eigenvalue weighted by Crippen LogP contribution is -2.46. The third kappa shape index (κ3) is 9.25. The number of halogens is 4. The van der Waals surface area contributed by atoms with Crippen LogP contribution in [0.2, 0.25) is 0 Å². The van der Waals surface area contributed by atoms with Crippen LogP contribution in [0.25, 0.3) is 33.3 Å². The Morgan fingerprint density at radius 1 is 0.507 bits per heavy atom. The van der Waals surface area contributed by atoms with Crippen molar-refractivity contribution >= 4 is 22.7 Å². The predicted molar refractivity (Wildman–Crippen MR) is 269 cm³/mol. The Morgan fingerprint density at radius 2 is 1.00 bits per heavy atom. The van der Waals surface area contributed by atoms with Crippen LogP contribution in [-0.2, 0) is 19.6 Å². The van der Waals surface area contributed by atoms with E-state index in [4.69, 9.17) is 9.97 Å². The molecule has 6 aromatic heterocycles. The summed E-state index contributed by atoms with van der Waals surface area (Å²) in [6, 6.07) is 23.8. The van der Waals surface area contributed by atoms with Gasteiger partial charge in [-0.3, -0.25) is 14.7 Å². The Balaban J connectivity index is 0.667. The second-order valence-corrected chi connectivity index (χ2v) is 19.9. The fourth-order valence-corrected chi connectivity index (χ4v) is 11.0. The molecule has 1 aliphatic carbocycles. The number of piperazine rings is 2. The highest BCUT2D eigenvalue weighted by Crippen LogP contribution is 2.42. The Morgan fingerprint density at radius 3 is 1.47 bits per heavy atom. The van der Waals surface area contributed by atoms with Crippen LogP contribution >= 0.6 is 0 Å². The third-order valence-electron chi connectivity index (χ3n) is 15.2. The van der Waals surface area contributed by atoms with Crippen LogP contribution in [0.3, 0.4) is 0 Å². The zero-order valence-corrected chi connectivity index (χ0v) is 40.1. The number of fused-ring (bicyclic) bond motifs is 2. The van der Waals surface area contributed by atoms with E-state index in [1.54, 1.807) is 16.9 Å². The van der Waals surface area contributed by atoms with Crippen molar-refractivity contribution in [3.05, 3.63) is 166 Å². The van der Waals surface area contributed by atoms with Gasteiger partial charge < -0.3 is 9.80 Å². The summed E-state index contributed by atoms with van der Waals surface area (Å²) in [7, 11) is 0. The topological polar surface area (TPSA) is 124 Å². The number of hydrogen-bond acceptors (Lipinski definition) is 11.